The third-order valence-electron chi connectivity index (χ3n) is 0.514. The Labute approximate surface area is 64.9 Å². The quantitative estimate of drug-likeness (QED) is 0.518. The number of aliphatic hydroxyl groups excluding tert-OH is 1. The lowest BCUT2D eigenvalue weighted by Crippen LogP contribution is -2.33. The summed E-state index contributed by atoms with van der Waals surface area (Å²) in [7, 11) is 0. The highest BCUT2D eigenvalue weighted by Gasteiger charge is 2.06. The maximum Gasteiger partial charge on any atom is 0.322 e. The van der Waals surface area contributed by atoms with Crippen LogP contribution in [0.25, 0.3) is 0 Å². The van der Waals surface area contributed by atoms with Gasteiger partial charge in [0, 0.05) is 0 Å². The minimum absolute atomic E-state index is 0. The van der Waals surface area contributed by atoms with E-state index in [1.807, 2.05) is 0 Å². The van der Waals surface area contributed by atoms with Gasteiger partial charge in [-0.15, -0.1) is 24.8 Å². The molecule has 0 aliphatic rings. The Kier molecular flexibility index (Phi) is 14.2. The molecule has 58 valence electrons. The molecule has 0 aromatic carbocycles. The van der Waals surface area contributed by atoms with Crippen molar-refractivity contribution in [3.8, 4) is 0 Å². The number of carboxylic acid groups (broad SMARTS) is 1. The van der Waals surface area contributed by atoms with Gasteiger partial charge < -0.3 is 15.9 Å². The molecule has 1 atom stereocenters. The summed E-state index contributed by atoms with van der Waals surface area (Å²) in [6.07, 6.45) is 0. The first kappa shape index (κ1) is 16.0. The number of aliphatic carboxylic acids is 1. The van der Waals surface area contributed by atoms with Crippen molar-refractivity contribution in [2.24, 2.45) is 5.73 Å². The van der Waals surface area contributed by atoms with Crippen LogP contribution in [0.15, 0.2) is 0 Å². The number of hydrogen-bond donors (Lipinski definition) is 3. The summed E-state index contributed by atoms with van der Waals surface area (Å²) in [4.78, 5) is 9.65. The summed E-state index contributed by atoms with van der Waals surface area (Å²) in [5, 5.41) is 15.9. The largest absolute Gasteiger partial charge is 0.480 e. The van der Waals surface area contributed by atoms with E-state index in [0.29, 0.717) is 0 Å². The number of carbonyl (C=O) groups is 1. The highest BCUT2D eigenvalue weighted by atomic mass is 35.5. The maximum atomic E-state index is 9.65. The average molecular weight is 178 g/mol. The summed E-state index contributed by atoms with van der Waals surface area (Å²) < 4.78 is 0. The molecule has 4 N–H and O–H groups in total. The molecule has 0 amide bonds. The molecule has 0 radical (unpaired) electrons. The van der Waals surface area contributed by atoms with Crippen LogP contribution in [0.5, 0.6) is 0 Å². The molecule has 4 nitrogen and oxygen atoms in total. The van der Waals surface area contributed by atoms with E-state index in [2.05, 4.69) is 0 Å². The topological polar surface area (TPSA) is 83.5 Å². The van der Waals surface area contributed by atoms with E-state index >= 15 is 0 Å². The Balaban J connectivity index is -0.000000180. The summed E-state index contributed by atoms with van der Waals surface area (Å²) >= 11 is 0. The monoisotopic (exact) mass is 177 g/mol. The molecule has 0 heterocycles. The average Bonchev–Trinajstić information content (AvgIpc) is 1.65. The van der Waals surface area contributed by atoms with Gasteiger partial charge in [0.2, 0.25) is 0 Å². The second-order valence-electron chi connectivity index (χ2n) is 1.13. The van der Waals surface area contributed by atoms with E-state index in [-0.39, 0.29) is 24.8 Å². The molecule has 0 aromatic rings. The van der Waals surface area contributed by atoms with Crippen LogP contribution in [0.2, 0.25) is 0 Å². The molecular weight excluding hydrogens is 169 g/mol. The molecule has 0 aliphatic heterocycles. The third kappa shape index (κ3) is 7.97. The van der Waals surface area contributed by atoms with Gasteiger partial charge >= 0.3 is 5.97 Å². The van der Waals surface area contributed by atoms with Crippen molar-refractivity contribution in [2.75, 3.05) is 6.61 Å². The molecule has 0 saturated heterocycles. The van der Waals surface area contributed by atoms with Crippen molar-refractivity contribution >= 4 is 30.8 Å². The summed E-state index contributed by atoms with van der Waals surface area (Å²) in [6.45, 7) is -0.505. The molecule has 1 unspecified atom stereocenters. The second kappa shape index (κ2) is 7.97. The minimum atomic E-state index is -1.18. The van der Waals surface area contributed by atoms with Crippen LogP contribution in [-0.4, -0.2) is 28.8 Å². The SMILES string of the molecule is Cl.Cl.NC(CO)C(=O)O. The van der Waals surface area contributed by atoms with Crippen LogP contribution >= 0.6 is 24.8 Å². The smallest absolute Gasteiger partial charge is 0.322 e. The van der Waals surface area contributed by atoms with E-state index in [4.69, 9.17) is 15.9 Å². The van der Waals surface area contributed by atoms with Crippen molar-refractivity contribution in [1.29, 1.82) is 0 Å². The zero-order valence-electron chi connectivity index (χ0n) is 4.48. The van der Waals surface area contributed by atoms with Gasteiger partial charge in [0.1, 0.15) is 6.04 Å². The van der Waals surface area contributed by atoms with Gasteiger partial charge in [-0.2, -0.15) is 0 Å². The third-order valence-corrected chi connectivity index (χ3v) is 0.514. The van der Waals surface area contributed by atoms with E-state index in [1.165, 1.54) is 0 Å². The van der Waals surface area contributed by atoms with Crippen LogP contribution < -0.4 is 5.73 Å². The Morgan fingerprint density at radius 2 is 1.89 bits per heavy atom. The van der Waals surface area contributed by atoms with Gasteiger partial charge in [0.05, 0.1) is 6.61 Å². The normalized spacial score (nSPS) is 10.4. The second-order valence-corrected chi connectivity index (χ2v) is 1.13. The fraction of sp³-hybridized carbons (Fsp3) is 0.667. The summed E-state index contributed by atoms with van der Waals surface area (Å²) in [5.74, 6) is -1.18. The number of nitrogens with two attached hydrogens (primary N) is 1. The van der Waals surface area contributed by atoms with Crippen LogP contribution in [-0.2, 0) is 4.79 Å². The fourth-order valence-corrected chi connectivity index (χ4v) is 0.0781. The maximum absolute atomic E-state index is 9.65. The number of hydrogen-bond acceptors (Lipinski definition) is 3. The highest BCUT2D eigenvalue weighted by molar-refractivity contribution is 5.85. The van der Waals surface area contributed by atoms with Crippen LogP contribution in [0.3, 0.4) is 0 Å². The van der Waals surface area contributed by atoms with E-state index in [0.717, 1.165) is 0 Å². The van der Waals surface area contributed by atoms with E-state index in [9.17, 15) is 4.79 Å². The Hall–Kier alpha value is -0.0300. The molecule has 6 heteroatoms. The number of aliphatic hydroxyl groups is 1. The molecule has 0 aromatic heterocycles. The molecule has 0 fully saturated rings. The van der Waals surface area contributed by atoms with Crippen molar-refractivity contribution in [1.82, 2.24) is 0 Å². The molecular formula is C3H9Cl2NO3. The zero-order chi connectivity index (χ0) is 5.86. The first-order valence-corrected chi connectivity index (χ1v) is 1.77. The van der Waals surface area contributed by atoms with Gasteiger partial charge in [-0.3, -0.25) is 4.79 Å². The van der Waals surface area contributed by atoms with Crippen LogP contribution in [0.1, 0.15) is 0 Å². The van der Waals surface area contributed by atoms with Crippen LogP contribution in [0.4, 0.5) is 0 Å². The summed E-state index contributed by atoms with van der Waals surface area (Å²) in [5.41, 5.74) is 4.77. The first-order chi connectivity index (χ1) is 3.18. The van der Waals surface area contributed by atoms with Gasteiger partial charge in [-0.25, -0.2) is 0 Å². The number of rotatable bonds is 2. The molecule has 0 rings (SSSR count). The van der Waals surface area contributed by atoms with Crippen LogP contribution in [0, 0.1) is 0 Å². The molecule has 0 bridgehead atoms. The molecule has 0 saturated carbocycles. The van der Waals surface area contributed by atoms with Crippen molar-refractivity contribution in [3.05, 3.63) is 0 Å². The van der Waals surface area contributed by atoms with Gasteiger partial charge in [-0.05, 0) is 0 Å². The van der Waals surface area contributed by atoms with E-state index < -0.39 is 18.6 Å². The Bertz CT molecular complexity index is 79.5. The number of halogens is 2. The molecule has 0 aliphatic carbocycles. The van der Waals surface area contributed by atoms with Gasteiger partial charge in [0.15, 0.2) is 0 Å². The Morgan fingerprint density at radius 3 is 1.89 bits per heavy atom. The van der Waals surface area contributed by atoms with E-state index in [1.54, 1.807) is 0 Å². The Morgan fingerprint density at radius 1 is 1.56 bits per heavy atom. The highest BCUT2D eigenvalue weighted by Crippen LogP contribution is 1.71. The fourth-order valence-electron chi connectivity index (χ4n) is 0.0781. The predicted molar refractivity (Wildman–Crippen MR) is 37.2 cm³/mol. The number of carboxylic acids is 1. The lowest BCUT2D eigenvalue weighted by Gasteiger charge is -1.96. The summed E-state index contributed by atoms with van der Waals surface area (Å²) in [6, 6.07) is -1.13. The molecule has 9 heavy (non-hydrogen) atoms. The van der Waals surface area contributed by atoms with Crippen molar-refractivity contribution in [3.63, 3.8) is 0 Å². The lowest BCUT2D eigenvalue weighted by atomic mass is 10.3. The minimum Gasteiger partial charge on any atom is -0.480 e. The van der Waals surface area contributed by atoms with Crippen molar-refractivity contribution in [2.45, 2.75) is 6.04 Å². The van der Waals surface area contributed by atoms with Crippen molar-refractivity contribution < 1.29 is 15.0 Å². The van der Waals surface area contributed by atoms with Gasteiger partial charge in [0.25, 0.3) is 0 Å². The molecule has 0 spiro atoms. The first-order valence-electron chi connectivity index (χ1n) is 1.77. The van der Waals surface area contributed by atoms with Gasteiger partial charge in [-0.1, -0.05) is 0 Å². The standard InChI is InChI=1S/C3H7NO3.2ClH/c4-2(1-5)3(6)7;;/h2,5H,1,4H2,(H,6,7);2*1H. The zero-order valence-corrected chi connectivity index (χ0v) is 6.11. The predicted octanol–water partition coefficient (Wildman–Crippen LogP) is -0.766. The lowest BCUT2D eigenvalue weighted by molar-refractivity contribution is -0.139.